The number of hydrogen-bond donors (Lipinski definition) is 5. The second-order valence-electron chi connectivity index (χ2n) is 9.20. The number of H-pyrrole nitrogens is 2. The van der Waals surface area contributed by atoms with E-state index in [0.717, 1.165) is 49.9 Å². The van der Waals surface area contributed by atoms with Crippen molar-refractivity contribution in [3.63, 3.8) is 0 Å². The summed E-state index contributed by atoms with van der Waals surface area (Å²) in [6.45, 7) is 4.78. The van der Waals surface area contributed by atoms with Gasteiger partial charge in [0.15, 0.2) is 11.5 Å². The molecule has 5 rings (SSSR count). The first-order valence-corrected chi connectivity index (χ1v) is 11.9. The minimum Gasteiger partial charge on any atom is -0.506 e. The van der Waals surface area contributed by atoms with Gasteiger partial charge in [-0.2, -0.15) is 0 Å². The zero-order chi connectivity index (χ0) is 24.9. The molecular weight excluding hydrogens is 449 g/mol. The third kappa shape index (κ3) is 3.89. The molecule has 10 nitrogen and oxygen atoms in total. The molecule has 182 valence electrons. The van der Waals surface area contributed by atoms with Gasteiger partial charge in [0.05, 0.1) is 11.0 Å². The minimum absolute atomic E-state index is 0.0461. The summed E-state index contributed by atoms with van der Waals surface area (Å²) in [6, 6.07) is 6.27. The lowest BCUT2D eigenvalue weighted by molar-refractivity contribution is 0.183. The van der Waals surface area contributed by atoms with Gasteiger partial charge >= 0.3 is 11.4 Å². The SMILES string of the molecule is [B]c1c(O)c(O)c2[nH]c(=O)n(CCCN3CCC(n4c(=O)[nH]c5cc(CC)ccc54)CC3)c2c1O. The number of nitrogens with zero attached hydrogens (tertiary/aromatic N) is 3. The number of aromatic hydroxyl groups is 3. The van der Waals surface area contributed by atoms with E-state index in [0.29, 0.717) is 13.0 Å². The Morgan fingerprint density at radius 1 is 1.00 bits per heavy atom. The fourth-order valence-electron chi connectivity index (χ4n) is 5.20. The van der Waals surface area contributed by atoms with Crippen molar-refractivity contribution in [2.75, 3.05) is 19.6 Å². The zero-order valence-electron chi connectivity index (χ0n) is 19.5. The molecule has 0 bridgehead atoms. The van der Waals surface area contributed by atoms with Gasteiger partial charge in [-0.15, -0.1) is 0 Å². The summed E-state index contributed by atoms with van der Waals surface area (Å²) < 4.78 is 3.20. The molecule has 0 atom stereocenters. The van der Waals surface area contributed by atoms with Crippen LogP contribution in [-0.4, -0.2) is 66.8 Å². The molecule has 0 amide bonds. The van der Waals surface area contributed by atoms with E-state index in [9.17, 15) is 24.9 Å². The molecule has 0 unspecified atom stereocenters. The number of aromatic nitrogens is 4. The standard InChI is InChI=1S/C24H28BN5O5/c1-2-13-4-5-16-15(12-13)26-24(35)30(16)14-6-10-28(11-7-14)8-3-9-29-19-18(27-23(29)34)22(33)21(32)17(25)20(19)31/h4-5,12,14,31-33H,2-3,6-11H2,1H3,(H,26,35)(H,27,34). The molecule has 2 aromatic carbocycles. The van der Waals surface area contributed by atoms with Crippen LogP contribution in [0.3, 0.4) is 0 Å². The van der Waals surface area contributed by atoms with E-state index >= 15 is 0 Å². The molecule has 2 aromatic heterocycles. The molecule has 11 heteroatoms. The molecule has 35 heavy (non-hydrogen) atoms. The molecule has 0 spiro atoms. The van der Waals surface area contributed by atoms with Crippen LogP contribution in [0.1, 0.15) is 37.8 Å². The predicted octanol–water partition coefficient (Wildman–Crippen LogP) is 1.17. The van der Waals surface area contributed by atoms with Crippen LogP contribution in [0.2, 0.25) is 0 Å². The third-order valence-corrected chi connectivity index (χ3v) is 7.15. The Morgan fingerprint density at radius 2 is 1.74 bits per heavy atom. The van der Waals surface area contributed by atoms with Crippen LogP contribution in [-0.2, 0) is 13.0 Å². The highest BCUT2D eigenvalue weighted by atomic mass is 16.3. The second kappa shape index (κ2) is 8.88. The number of hydrogen-bond acceptors (Lipinski definition) is 6. The molecule has 3 heterocycles. The number of rotatable bonds is 6. The first-order valence-electron chi connectivity index (χ1n) is 11.9. The maximum absolute atomic E-state index is 12.7. The first kappa shape index (κ1) is 23.2. The van der Waals surface area contributed by atoms with E-state index in [4.69, 9.17) is 7.85 Å². The number of phenols is 3. The molecule has 1 fully saturated rings. The van der Waals surface area contributed by atoms with Crippen LogP contribution in [0.4, 0.5) is 0 Å². The summed E-state index contributed by atoms with van der Waals surface area (Å²) in [5.74, 6) is -1.66. The number of nitrogens with one attached hydrogen (secondary N) is 2. The van der Waals surface area contributed by atoms with Gasteiger partial charge in [-0.25, -0.2) is 9.59 Å². The number of benzene rings is 2. The van der Waals surface area contributed by atoms with Gasteiger partial charge in [0.25, 0.3) is 0 Å². The van der Waals surface area contributed by atoms with Crippen molar-refractivity contribution >= 4 is 35.4 Å². The van der Waals surface area contributed by atoms with Gasteiger partial charge in [-0.3, -0.25) is 9.13 Å². The van der Waals surface area contributed by atoms with Crippen molar-refractivity contribution in [1.82, 2.24) is 24.0 Å². The normalized spacial score (nSPS) is 15.5. The number of piperidine rings is 1. The van der Waals surface area contributed by atoms with E-state index in [1.807, 2.05) is 16.7 Å². The van der Waals surface area contributed by atoms with E-state index in [-0.39, 0.29) is 28.2 Å². The van der Waals surface area contributed by atoms with Crippen molar-refractivity contribution in [3.05, 3.63) is 44.7 Å². The summed E-state index contributed by atoms with van der Waals surface area (Å²) in [5.41, 5.74) is 2.10. The topological polar surface area (TPSA) is 140 Å². The largest absolute Gasteiger partial charge is 0.506 e. The highest BCUT2D eigenvalue weighted by Crippen LogP contribution is 2.35. The van der Waals surface area contributed by atoms with Gasteiger partial charge in [-0.05, 0) is 55.4 Å². The van der Waals surface area contributed by atoms with Gasteiger partial charge < -0.3 is 30.2 Å². The van der Waals surface area contributed by atoms with Crippen molar-refractivity contribution in [3.8, 4) is 17.2 Å². The summed E-state index contributed by atoms with van der Waals surface area (Å²) in [5, 5.41) is 30.2. The maximum Gasteiger partial charge on any atom is 0.326 e. The molecular formula is C24H28BN5O5. The first-order chi connectivity index (χ1) is 16.8. The van der Waals surface area contributed by atoms with Crippen molar-refractivity contribution in [2.24, 2.45) is 0 Å². The minimum atomic E-state index is -0.661. The van der Waals surface area contributed by atoms with E-state index in [1.165, 1.54) is 10.1 Å². The number of imidazole rings is 2. The Balaban J connectivity index is 1.24. The Kier molecular flexibility index (Phi) is 5.88. The Bertz CT molecular complexity index is 1520. The number of likely N-dealkylation sites (tertiary alicyclic amines) is 1. The number of aryl methyl sites for hydroxylation is 2. The molecule has 4 aromatic rings. The van der Waals surface area contributed by atoms with E-state index in [2.05, 4.69) is 27.9 Å². The van der Waals surface area contributed by atoms with Crippen LogP contribution in [0.25, 0.3) is 22.1 Å². The summed E-state index contributed by atoms with van der Waals surface area (Å²) >= 11 is 0. The number of fused-ring (bicyclic) bond motifs is 2. The van der Waals surface area contributed by atoms with Crippen LogP contribution in [0.15, 0.2) is 27.8 Å². The van der Waals surface area contributed by atoms with Gasteiger partial charge in [0, 0.05) is 25.7 Å². The van der Waals surface area contributed by atoms with Crippen LogP contribution >= 0.6 is 0 Å². The highest BCUT2D eigenvalue weighted by molar-refractivity contribution is 6.38. The predicted molar refractivity (Wildman–Crippen MR) is 134 cm³/mol. The van der Waals surface area contributed by atoms with Crippen LogP contribution in [0, 0.1) is 0 Å². The van der Waals surface area contributed by atoms with Gasteiger partial charge in [0.1, 0.15) is 24.6 Å². The second-order valence-corrected chi connectivity index (χ2v) is 9.20. The number of phenolic OH excluding ortho intramolecular Hbond substituents is 3. The summed E-state index contributed by atoms with van der Waals surface area (Å²) in [4.78, 5) is 32.8. The smallest absolute Gasteiger partial charge is 0.326 e. The molecule has 1 aliphatic rings. The Hall–Kier alpha value is -3.60. The Morgan fingerprint density at radius 3 is 2.46 bits per heavy atom. The summed E-state index contributed by atoms with van der Waals surface area (Å²) in [6.07, 6.45) is 3.24. The zero-order valence-corrected chi connectivity index (χ0v) is 19.5. The molecule has 1 saturated heterocycles. The van der Waals surface area contributed by atoms with Crippen molar-refractivity contribution < 1.29 is 15.3 Å². The van der Waals surface area contributed by atoms with Crippen LogP contribution < -0.4 is 16.8 Å². The quantitative estimate of drug-likeness (QED) is 0.161. The van der Waals surface area contributed by atoms with Crippen molar-refractivity contribution in [2.45, 2.75) is 45.2 Å². The third-order valence-electron chi connectivity index (χ3n) is 7.15. The van der Waals surface area contributed by atoms with E-state index < -0.39 is 22.9 Å². The van der Waals surface area contributed by atoms with Crippen molar-refractivity contribution in [1.29, 1.82) is 0 Å². The van der Waals surface area contributed by atoms with Gasteiger partial charge in [-0.1, -0.05) is 13.0 Å². The fourth-order valence-corrected chi connectivity index (χ4v) is 5.20. The average molecular weight is 477 g/mol. The molecule has 0 saturated carbocycles. The molecule has 1 aliphatic heterocycles. The lowest BCUT2D eigenvalue weighted by atomic mass is 9.92. The Labute approximate surface area is 201 Å². The molecule has 5 N–H and O–H groups in total. The van der Waals surface area contributed by atoms with E-state index in [1.54, 1.807) is 0 Å². The molecule has 0 aliphatic carbocycles. The maximum atomic E-state index is 12.7. The summed E-state index contributed by atoms with van der Waals surface area (Å²) in [7, 11) is 5.66. The lowest BCUT2D eigenvalue weighted by Gasteiger charge is -2.32. The lowest BCUT2D eigenvalue weighted by Crippen LogP contribution is -2.37. The number of aromatic amines is 2. The van der Waals surface area contributed by atoms with Crippen LogP contribution in [0.5, 0.6) is 17.2 Å². The monoisotopic (exact) mass is 477 g/mol. The van der Waals surface area contributed by atoms with Gasteiger partial charge in [0.2, 0.25) is 0 Å². The average Bonchev–Trinajstić information content (AvgIpc) is 3.37. The molecule has 2 radical (unpaired) electrons. The fraction of sp³-hybridized carbons (Fsp3) is 0.417. The highest BCUT2D eigenvalue weighted by Gasteiger charge is 2.24.